The molecular weight excluding hydrogens is 470 g/mol. The van der Waals surface area contributed by atoms with Crippen LogP contribution in [0.5, 0.6) is 0 Å². The number of halogens is 1. The normalized spacial score (nSPS) is 22.1. The maximum absolute atomic E-state index is 13.0. The highest BCUT2D eigenvalue weighted by atomic mass is 35.5. The fraction of sp³-hybridized carbons (Fsp3) is 0.448. The monoisotopic (exact) mass is 497 g/mol. The molecule has 3 aliphatic carbocycles. The van der Waals surface area contributed by atoms with Gasteiger partial charge in [-0.2, -0.15) is 5.26 Å². The third-order valence-electron chi connectivity index (χ3n) is 8.19. The summed E-state index contributed by atoms with van der Waals surface area (Å²) in [6.07, 6.45) is 6.67. The van der Waals surface area contributed by atoms with Gasteiger partial charge in [0.25, 0.3) is 0 Å². The number of nitrogens with zero attached hydrogens (tertiary/aromatic N) is 5. The molecule has 7 rings (SSSR count). The Balaban J connectivity index is 1.29. The van der Waals surface area contributed by atoms with Crippen molar-refractivity contribution < 1.29 is 4.79 Å². The van der Waals surface area contributed by atoms with E-state index in [0.29, 0.717) is 35.0 Å². The molecule has 6 nitrogen and oxygen atoms in total. The maximum atomic E-state index is 13.0. The third-order valence-corrected chi connectivity index (χ3v) is 8.38. The quantitative estimate of drug-likeness (QED) is 0.433. The number of piperazine rings is 1. The molecule has 4 aliphatic rings. The third kappa shape index (κ3) is 3.90. The molecule has 3 aromatic rings. The highest BCUT2D eigenvalue weighted by Crippen LogP contribution is 2.47. The summed E-state index contributed by atoms with van der Waals surface area (Å²) < 4.78 is 0. The Kier molecular flexibility index (Phi) is 5.18. The van der Waals surface area contributed by atoms with Gasteiger partial charge in [0.05, 0.1) is 22.8 Å². The van der Waals surface area contributed by atoms with Gasteiger partial charge in [-0.15, -0.1) is 0 Å². The highest BCUT2D eigenvalue weighted by molar-refractivity contribution is 6.30. The lowest BCUT2D eigenvalue weighted by Crippen LogP contribution is -2.57. The van der Waals surface area contributed by atoms with E-state index in [1.165, 1.54) is 12.8 Å². The summed E-state index contributed by atoms with van der Waals surface area (Å²) in [5.74, 6) is 2.34. The van der Waals surface area contributed by atoms with Crippen LogP contribution in [0.2, 0.25) is 5.15 Å². The van der Waals surface area contributed by atoms with Crippen molar-refractivity contribution in [1.82, 2.24) is 14.9 Å². The first kappa shape index (κ1) is 22.1. The van der Waals surface area contributed by atoms with Crippen LogP contribution in [-0.4, -0.2) is 46.5 Å². The van der Waals surface area contributed by atoms with Crippen LogP contribution in [0.4, 0.5) is 5.82 Å². The molecule has 0 spiro atoms. The minimum Gasteiger partial charge on any atom is -0.352 e. The number of amides is 1. The molecule has 1 atom stereocenters. The number of rotatable bonds is 5. The summed E-state index contributed by atoms with van der Waals surface area (Å²) in [4.78, 5) is 27.1. The molecule has 1 unspecified atom stereocenters. The van der Waals surface area contributed by atoms with E-state index < -0.39 is 0 Å². The zero-order valence-corrected chi connectivity index (χ0v) is 20.9. The first-order valence-electron chi connectivity index (χ1n) is 13.2. The van der Waals surface area contributed by atoms with Gasteiger partial charge in [-0.1, -0.05) is 29.8 Å². The van der Waals surface area contributed by atoms with Crippen molar-refractivity contribution in [2.75, 3.05) is 24.5 Å². The average Bonchev–Trinajstić information content (AvgIpc) is 3.76. The van der Waals surface area contributed by atoms with E-state index >= 15 is 0 Å². The second-order valence-corrected chi connectivity index (χ2v) is 11.2. The molecule has 36 heavy (non-hydrogen) atoms. The van der Waals surface area contributed by atoms with Gasteiger partial charge < -0.3 is 9.80 Å². The number of para-hydroxylation sites is 1. The smallest absolute Gasteiger partial charge is 0.226 e. The zero-order chi connectivity index (χ0) is 24.4. The van der Waals surface area contributed by atoms with E-state index in [-0.39, 0.29) is 12.0 Å². The molecule has 0 bridgehead atoms. The molecule has 182 valence electrons. The average molecular weight is 498 g/mol. The van der Waals surface area contributed by atoms with Crippen molar-refractivity contribution in [3.8, 4) is 17.2 Å². The zero-order valence-electron chi connectivity index (χ0n) is 20.2. The van der Waals surface area contributed by atoms with Crippen LogP contribution in [0, 0.1) is 23.2 Å². The largest absolute Gasteiger partial charge is 0.352 e. The van der Waals surface area contributed by atoms with Gasteiger partial charge in [0.15, 0.2) is 0 Å². The molecule has 0 radical (unpaired) electrons. The number of anilines is 1. The number of hydrogen-bond donors (Lipinski definition) is 0. The Morgan fingerprint density at radius 1 is 1.00 bits per heavy atom. The Labute approximate surface area is 215 Å². The number of fused-ring (bicyclic) bond motifs is 1. The second-order valence-electron chi connectivity index (χ2n) is 10.8. The number of carbonyl (C=O) groups excluding carboxylic acids is 1. The number of aromatic nitrogens is 2. The molecular formula is C29H28ClN5O. The summed E-state index contributed by atoms with van der Waals surface area (Å²) >= 11 is 6.43. The van der Waals surface area contributed by atoms with E-state index in [2.05, 4.69) is 26.9 Å². The van der Waals surface area contributed by atoms with Crippen molar-refractivity contribution in [3.63, 3.8) is 0 Å². The summed E-state index contributed by atoms with van der Waals surface area (Å²) in [6, 6.07) is 14.6. The van der Waals surface area contributed by atoms with Crippen molar-refractivity contribution in [2.45, 2.75) is 50.5 Å². The molecule has 3 saturated carbocycles. The Bertz CT molecular complexity index is 1420. The SMILES string of the molecule is N#Cc1cc(-c2cc(Cl)nc3ccccc23)c(C2CC2)nc1N1CCN(C(=O)C2CC2)C(C2CC2)C1. The molecule has 0 N–H and O–H groups in total. The van der Waals surface area contributed by atoms with E-state index in [0.717, 1.165) is 72.3 Å². The minimum atomic E-state index is 0.229. The minimum absolute atomic E-state index is 0.229. The lowest BCUT2D eigenvalue weighted by atomic mass is 9.96. The van der Waals surface area contributed by atoms with Gasteiger partial charge >= 0.3 is 0 Å². The lowest BCUT2D eigenvalue weighted by molar-refractivity contribution is -0.135. The van der Waals surface area contributed by atoms with Crippen LogP contribution in [0.15, 0.2) is 36.4 Å². The number of nitriles is 1. The maximum Gasteiger partial charge on any atom is 0.226 e. The van der Waals surface area contributed by atoms with Crippen LogP contribution >= 0.6 is 11.6 Å². The van der Waals surface area contributed by atoms with Gasteiger partial charge in [-0.05, 0) is 68.2 Å². The Hall–Kier alpha value is -3.17. The summed E-state index contributed by atoms with van der Waals surface area (Å²) in [7, 11) is 0. The molecule has 1 saturated heterocycles. The molecule has 1 amide bonds. The number of benzene rings is 1. The number of hydrogen-bond acceptors (Lipinski definition) is 5. The molecule has 4 fully saturated rings. The summed E-state index contributed by atoms with van der Waals surface area (Å²) in [5.41, 5.74) is 4.45. The topological polar surface area (TPSA) is 73.1 Å². The van der Waals surface area contributed by atoms with Gasteiger partial charge in [-0.3, -0.25) is 4.79 Å². The van der Waals surface area contributed by atoms with Crippen LogP contribution in [0.1, 0.15) is 55.7 Å². The number of pyridine rings is 2. The molecule has 1 aliphatic heterocycles. The van der Waals surface area contributed by atoms with Crippen LogP contribution in [0.3, 0.4) is 0 Å². The Morgan fingerprint density at radius 2 is 1.81 bits per heavy atom. The second kappa shape index (κ2) is 8.45. The first-order valence-corrected chi connectivity index (χ1v) is 13.5. The Morgan fingerprint density at radius 3 is 2.53 bits per heavy atom. The van der Waals surface area contributed by atoms with Crippen molar-refractivity contribution in [1.29, 1.82) is 5.26 Å². The van der Waals surface area contributed by atoms with Crippen molar-refractivity contribution in [3.05, 3.63) is 52.8 Å². The van der Waals surface area contributed by atoms with Gasteiger partial charge in [0, 0.05) is 42.4 Å². The predicted octanol–water partition coefficient (Wildman–Crippen LogP) is 5.54. The van der Waals surface area contributed by atoms with Crippen molar-refractivity contribution >= 4 is 34.2 Å². The molecule has 1 aromatic carbocycles. The van der Waals surface area contributed by atoms with Gasteiger partial charge in [0.2, 0.25) is 5.91 Å². The van der Waals surface area contributed by atoms with Crippen LogP contribution < -0.4 is 4.90 Å². The van der Waals surface area contributed by atoms with Crippen molar-refractivity contribution in [2.24, 2.45) is 11.8 Å². The molecule has 3 heterocycles. The first-order chi connectivity index (χ1) is 17.6. The summed E-state index contributed by atoms with van der Waals surface area (Å²) in [6.45, 7) is 2.20. The summed E-state index contributed by atoms with van der Waals surface area (Å²) in [5, 5.41) is 11.7. The van der Waals surface area contributed by atoms with E-state index in [4.69, 9.17) is 16.6 Å². The van der Waals surface area contributed by atoms with Gasteiger partial charge in [-0.25, -0.2) is 9.97 Å². The predicted molar refractivity (Wildman–Crippen MR) is 140 cm³/mol. The standard InChI is InChI=1S/C29H28ClN5O/c30-26-14-22(21-3-1-2-4-24(21)32-26)23-13-20(15-31)28(33-27(23)18-7-8-18)34-11-12-35(29(36)19-9-10-19)25(16-34)17-5-6-17/h1-4,13-14,17-19,25H,5-12,16H2. The van der Waals surface area contributed by atoms with Crippen LogP contribution in [0.25, 0.3) is 22.0 Å². The number of carbonyl (C=O) groups is 1. The van der Waals surface area contributed by atoms with E-state index in [1.807, 2.05) is 30.3 Å². The molecule has 7 heteroatoms. The van der Waals surface area contributed by atoms with Crippen LogP contribution in [-0.2, 0) is 4.79 Å². The fourth-order valence-electron chi connectivity index (χ4n) is 5.82. The fourth-order valence-corrected chi connectivity index (χ4v) is 6.02. The molecule has 2 aromatic heterocycles. The van der Waals surface area contributed by atoms with E-state index in [1.54, 1.807) is 0 Å². The van der Waals surface area contributed by atoms with Gasteiger partial charge in [0.1, 0.15) is 17.0 Å². The van der Waals surface area contributed by atoms with E-state index in [9.17, 15) is 10.1 Å². The highest BCUT2D eigenvalue weighted by Gasteiger charge is 2.45. The lowest BCUT2D eigenvalue weighted by Gasteiger charge is -2.43.